The van der Waals surface area contributed by atoms with E-state index in [1.807, 2.05) is 17.5 Å². The summed E-state index contributed by atoms with van der Waals surface area (Å²) in [7, 11) is 3.14. The Hall–Kier alpha value is -2.67. The van der Waals surface area contributed by atoms with Crippen molar-refractivity contribution in [3.05, 3.63) is 59.1 Å². The van der Waals surface area contributed by atoms with Crippen molar-refractivity contribution < 1.29 is 23.0 Å². The second kappa shape index (κ2) is 7.48. The van der Waals surface area contributed by atoms with E-state index in [2.05, 4.69) is 4.98 Å². The van der Waals surface area contributed by atoms with Crippen molar-refractivity contribution in [1.82, 2.24) is 4.98 Å². The van der Waals surface area contributed by atoms with Crippen LogP contribution >= 0.6 is 11.3 Å². The van der Waals surface area contributed by atoms with Gasteiger partial charge < -0.3 is 14.2 Å². The van der Waals surface area contributed by atoms with Crippen molar-refractivity contribution in [1.29, 1.82) is 0 Å². The lowest BCUT2D eigenvalue weighted by Crippen LogP contribution is -1.98. The summed E-state index contributed by atoms with van der Waals surface area (Å²) in [6, 6.07) is 8.71. The highest BCUT2D eigenvalue weighted by atomic mass is 32.1. The molecule has 25 heavy (non-hydrogen) atoms. The van der Waals surface area contributed by atoms with E-state index in [9.17, 15) is 8.78 Å². The molecule has 7 heteroatoms. The molecule has 0 fully saturated rings. The highest BCUT2D eigenvalue weighted by Gasteiger charge is 2.15. The van der Waals surface area contributed by atoms with Gasteiger partial charge in [-0.15, -0.1) is 11.3 Å². The Balaban J connectivity index is 1.79. The summed E-state index contributed by atoms with van der Waals surface area (Å²) in [5.74, 6) is -0.205. The smallest absolute Gasteiger partial charge is 0.170 e. The molecule has 0 radical (unpaired) electrons. The van der Waals surface area contributed by atoms with Gasteiger partial charge >= 0.3 is 0 Å². The zero-order chi connectivity index (χ0) is 17.8. The van der Waals surface area contributed by atoms with Gasteiger partial charge in [0.1, 0.15) is 17.4 Å². The van der Waals surface area contributed by atoms with Gasteiger partial charge in [0.2, 0.25) is 0 Å². The lowest BCUT2D eigenvalue weighted by molar-refractivity contribution is 0.286. The highest BCUT2D eigenvalue weighted by Crippen LogP contribution is 2.39. The molecule has 130 valence electrons. The molecule has 0 spiro atoms. The number of rotatable bonds is 6. The third-order valence-corrected chi connectivity index (χ3v) is 4.38. The zero-order valence-corrected chi connectivity index (χ0v) is 14.4. The van der Waals surface area contributed by atoms with Crippen LogP contribution in [0.2, 0.25) is 0 Å². The number of halogens is 2. The third kappa shape index (κ3) is 3.71. The van der Waals surface area contributed by atoms with Gasteiger partial charge in [-0.25, -0.2) is 13.8 Å². The quantitative estimate of drug-likeness (QED) is 0.637. The largest absolute Gasteiger partial charge is 0.493 e. The number of hydrogen-bond donors (Lipinski definition) is 0. The Bertz CT molecular complexity index is 883. The number of thiazole rings is 1. The van der Waals surface area contributed by atoms with Crippen molar-refractivity contribution in [2.24, 2.45) is 0 Å². The molecule has 0 saturated carbocycles. The standard InChI is InChI=1S/C18H15F2NO3S/c1-22-16-5-3-4-13(17(16)23-2)18-21-12(10-25-18)9-24-15-7-6-11(19)8-14(15)20/h3-8,10H,9H2,1-2H3. The summed E-state index contributed by atoms with van der Waals surface area (Å²) in [6.45, 7) is 0.0747. The molecule has 1 aromatic heterocycles. The van der Waals surface area contributed by atoms with Crippen molar-refractivity contribution in [3.8, 4) is 27.8 Å². The fraction of sp³-hybridized carbons (Fsp3) is 0.167. The molecule has 0 amide bonds. The maximum atomic E-state index is 13.6. The number of hydrogen-bond acceptors (Lipinski definition) is 5. The zero-order valence-electron chi connectivity index (χ0n) is 13.6. The molecule has 0 aliphatic heterocycles. The van der Waals surface area contributed by atoms with E-state index in [1.165, 1.54) is 17.4 Å². The molecule has 3 aromatic rings. The van der Waals surface area contributed by atoms with Crippen LogP contribution in [0.3, 0.4) is 0 Å². The number of methoxy groups -OCH3 is 2. The van der Waals surface area contributed by atoms with E-state index in [-0.39, 0.29) is 12.4 Å². The summed E-state index contributed by atoms with van der Waals surface area (Å²) in [5.41, 5.74) is 1.43. The van der Waals surface area contributed by atoms with Crippen LogP contribution in [0.25, 0.3) is 10.6 Å². The van der Waals surface area contributed by atoms with Gasteiger partial charge in [-0.1, -0.05) is 6.07 Å². The molecular formula is C18H15F2NO3S. The summed E-state index contributed by atoms with van der Waals surface area (Å²) in [5, 5.41) is 2.55. The molecule has 0 atom stereocenters. The van der Waals surface area contributed by atoms with Crippen LogP contribution in [0.5, 0.6) is 17.2 Å². The molecule has 0 aliphatic carbocycles. The van der Waals surface area contributed by atoms with Crippen molar-refractivity contribution in [2.75, 3.05) is 14.2 Å². The Kier molecular flexibility index (Phi) is 5.14. The molecule has 0 saturated heterocycles. The lowest BCUT2D eigenvalue weighted by atomic mass is 10.2. The topological polar surface area (TPSA) is 40.6 Å². The van der Waals surface area contributed by atoms with Crippen LogP contribution in [-0.4, -0.2) is 19.2 Å². The van der Waals surface area contributed by atoms with Gasteiger partial charge in [-0.05, 0) is 24.3 Å². The second-order valence-electron chi connectivity index (χ2n) is 5.05. The Morgan fingerprint density at radius 1 is 1.04 bits per heavy atom. The third-order valence-electron chi connectivity index (χ3n) is 3.45. The number of ether oxygens (including phenoxy) is 3. The van der Waals surface area contributed by atoms with E-state index >= 15 is 0 Å². The summed E-state index contributed by atoms with van der Waals surface area (Å²) in [6.07, 6.45) is 0. The van der Waals surface area contributed by atoms with Gasteiger partial charge in [0.25, 0.3) is 0 Å². The number of benzene rings is 2. The molecule has 0 aliphatic rings. The monoisotopic (exact) mass is 363 g/mol. The fourth-order valence-corrected chi connectivity index (χ4v) is 3.12. The van der Waals surface area contributed by atoms with Gasteiger partial charge in [0, 0.05) is 11.4 Å². The summed E-state index contributed by atoms with van der Waals surface area (Å²) >= 11 is 1.41. The molecular weight excluding hydrogens is 348 g/mol. The maximum absolute atomic E-state index is 13.6. The SMILES string of the molecule is COc1cccc(-c2nc(COc3ccc(F)cc3F)cs2)c1OC. The molecule has 2 aromatic carbocycles. The minimum absolute atomic E-state index is 0.0186. The Labute approximate surface area is 147 Å². The van der Waals surface area contributed by atoms with E-state index < -0.39 is 11.6 Å². The molecule has 3 rings (SSSR count). The van der Waals surface area contributed by atoms with Crippen LogP contribution in [0.1, 0.15) is 5.69 Å². The number of para-hydroxylation sites is 1. The highest BCUT2D eigenvalue weighted by molar-refractivity contribution is 7.13. The van der Waals surface area contributed by atoms with Gasteiger partial charge in [-0.3, -0.25) is 0 Å². The predicted molar refractivity (Wildman–Crippen MR) is 91.3 cm³/mol. The van der Waals surface area contributed by atoms with E-state index in [0.29, 0.717) is 17.2 Å². The minimum atomic E-state index is -0.745. The van der Waals surface area contributed by atoms with Crippen LogP contribution in [0.4, 0.5) is 8.78 Å². The fourth-order valence-electron chi connectivity index (χ4n) is 2.30. The van der Waals surface area contributed by atoms with Gasteiger partial charge in [0.15, 0.2) is 23.1 Å². The summed E-state index contributed by atoms with van der Waals surface area (Å²) in [4.78, 5) is 4.49. The van der Waals surface area contributed by atoms with Crippen LogP contribution in [-0.2, 0) is 6.61 Å². The molecule has 0 bridgehead atoms. The van der Waals surface area contributed by atoms with Crippen LogP contribution in [0, 0.1) is 11.6 Å². The Morgan fingerprint density at radius 3 is 2.60 bits per heavy atom. The molecule has 1 heterocycles. The average molecular weight is 363 g/mol. The Morgan fingerprint density at radius 2 is 1.88 bits per heavy atom. The molecule has 4 nitrogen and oxygen atoms in total. The normalized spacial score (nSPS) is 10.6. The van der Waals surface area contributed by atoms with Crippen molar-refractivity contribution in [2.45, 2.75) is 6.61 Å². The van der Waals surface area contributed by atoms with Gasteiger partial charge in [0.05, 0.1) is 25.5 Å². The van der Waals surface area contributed by atoms with E-state index in [1.54, 1.807) is 20.3 Å². The van der Waals surface area contributed by atoms with Crippen LogP contribution in [0.15, 0.2) is 41.8 Å². The first kappa shape index (κ1) is 17.2. The van der Waals surface area contributed by atoms with Crippen molar-refractivity contribution in [3.63, 3.8) is 0 Å². The average Bonchev–Trinajstić information content (AvgIpc) is 3.09. The minimum Gasteiger partial charge on any atom is -0.493 e. The number of nitrogens with zero attached hydrogens (tertiary/aromatic N) is 1. The first-order valence-corrected chi connectivity index (χ1v) is 8.24. The lowest BCUT2D eigenvalue weighted by Gasteiger charge is -2.10. The first-order chi connectivity index (χ1) is 12.1. The molecule has 0 N–H and O–H groups in total. The maximum Gasteiger partial charge on any atom is 0.170 e. The first-order valence-electron chi connectivity index (χ1n) is 7.36. The second-order valence-corrected chi connectivity index (χ2v) is 5.91. The molecule has 0 unspecified atom stereocenters. The summed E-state index contributed by atoms with van der Waals surface area (Å²) < 4.78 is 42.6. The van der Waals surface area contributed by atoms with Crippen LogP contribution < -0.4 is 14.2 Å². The van der Waals surface area contributed by atoms with E-state index in [0.717, 1.165) is 22.7 Å². The van der Waals surface area contributed by atoms with E-state index in [4.69, 9.17) is 14.2 Å². The van der Waals surface area contributed by atoms with Crippen molar-refractivity contribution >= 4 is 11.3 Å². The number of aromatic nitrogens is 1. The predicted octanol–water partition coefficient (Wildman–Crippen LogP) is 4.68. The van der Waals surface area contributed by atoms with Gasteiger partial charge in [-0.2, -0.15) is 0 Å².